The molecule has 1 heterocycles. The van der Waals surface area contributed by atoms with Gasteiger partial charge in [0.25, 0.3) is 0 Å². The number of nitrogens with zero attached hydrogens (tertiary/aromatic N) is 1. The van der Waals surface area contributed by atoms with Crippen molar-refractivity contribution in [3.05, 3.63) is 24.3 Å². The van der Waals surface area contributed by atoms with Crippen LogP contribution in [0.5, 0.6) is 6.01 Å². The van der Waals surface area contributed by atoms with E-state index in [1.807, 2.05) is 13.0 Å². The van der Waals surface area contributed by atoms with Crippen molar-refractivity contribution in [3.8, 4) is 6.01 Å². The van der Waals surface area contributed by atoms with Gasteiger partial charge in [0, 0.05) is 5.75 Å². The second-order valence-electron chi connectivity index (χ2n) is 3.83. The van der Waals surface area contributed by atoms with E-state index in [0.29, 0.717) is 11.0 Å². The van der Waals surface area contributed by atoms with Crippen molar-refractivity contribution < 1.29 is 12.6 Å². The number of para-hydroxylation sites is 2. The minimum absolute atomic E-state index is 0. The molecule has 21 heavy (non-hydrogen) atoms. The maximum atomic E-state index is 11.8. The average Bonchev–Trinajstić information content (AvgIpc) is 2.76. The minimum atomic E-state index is -4.02. The number of hydrogen-bond donors (Lipinski definition) is 2. The van der Waals surface area contributed by atoms with Crippen LogP contribution in [0.3, 0.4) is 0 Å². The van der Waals surface area contributed by atoms with Crippen LogP contribution in [0.25, 0.3) is 11.0 Å². The molecule has 1 aromatic heterocycles. The molecule has 6 nitrogen and oxygen atoms in total. The summed E-state index contributed by atoms with van der Waals surface area (Å²) in [5.74, 6) is 0.742. The molecule has 0 spiro atoms. The third-order valence-corrected chi connectivity index (χ3v) is 4.72. The molecular weight excluding hydrogens is 341 g/mol. The van der Waals surface area contributed by atoms with E-state index in [0.717, 1.165) is 12.2 Å². The number of benzene rings is 1. The Balaban J connectivity index is 0.00000220. The van der Waals surface area contributed by atoms with E-state index in [9.17, 15) is 8.42 Å². The number of nitrogens with one attached hydrogen (secondary N) is 2. The molecule has 2 N–H and O–H groups in total. The van der Waals surface area contributed by atoms with Crippen LogP contribution >= 0.6 is 24.0 Å². The number of hydrogen-bond acceptors (Lipinski definition) is 6. The van der Waals surface area contributed by atoms with Gasteiger partial charge in [-0.15, -0.1) is 0 Å². The van der Waals surface area contributed by atoms with E-state index < -0.39 is 10.3 Å². The van der Waals surface area contributed by atoms with Crippen molar-refractivity contribution in [3.63, 3.8) is 0 Å². The molecule has 1 aromatic carbocycles. The zero-order valence-electron chi connectivity index (χ0n) is 10.6. The molecule has 0 aliphatic heterocycles. The molecule has 110 valence electrons. The number of H-pyrrole nitrogens is 1. The molecule has 0 aliphatic carbocycles. The Morgan fingerprint density at radius 2 is 2.19 bits per heavy atom. The van der Waals surface area contributed by atoms with Crippen molar-refractivity contribution in [1.29, 1.82) is 0 Å². The van der Waals surface area contributed by atoms with Gasteiger partial charge in [0.15, 0.2) is 0 Å². The van der Waals surface area contributed by atoms with Crippen LogP contribution in [0.4, 0.5) is 0 Å². The molecule has 0 fully saturated rings. The molecule has 10 heteroatoms. The number of aromatic nitrogens is 2. The van der Waals surface area contributed by atoms with Gasteiger partial charge >= 0.3 is 45.9 Å². The van der Waals surface area contributed by atoms with E-state index in [-0.39, 0.29) is 39.9 Å². The number of rotatable bonds is 5. The van der Waals surface area contributed by atoms with Crippen molar-refractivity contribution in [2.24, 2.45) is 0 Å². The SMILES string of the molecule is CCCSC(=S)NS(=O)(=O)Oc1nc2ccccc2[nH]1.[NaH]. The van der Waals surface area contributed by atoms with Crippen LogP contribution in [0.2, 0.25) is 0 Å². The van der Waals surface area contributed by atoms with E-state index in [2.05, 4.69) is 14.7 Å². The first kappa shape index (κ1) is 18.7. The van der Waals surface area contributed by atoms with Gasteiger partial charge in [-0.05, 0) is 18.6 Å². The van der Waals surface area contributed by atoms with Crippen LogP contribution in [-0.2, 0) is 10.3 Å². The Morgan fingerprint density at radius 1 is 1.48 bits per heavy atom. The van der Waals surface area contributed by atoms with Crippen LogP contribution in [0, 0.1) is 0 Å². The van der Waals surface area contributed by atoms with Crippen molar-refractivity contribution >= 4 is 79.2 Å². The van der Waals surface area contributed by atoms with Gasteiger partial charge in [-0.3, -0.25) is 0 Å². The maximum absolute atomic E-state index is 11.8. The van der Waals surface area contributed by atoms with E-state index in [1.165, 1.54) is 11.8 Å². The number of fused-ring (bicyclic) bond motifs is 1. The quantitative estimate of drug-likeness (QED) is 0.625. The Kier molecular flexibility index (Phi) is 7.45. The van der Waals surface area contributed by atoms with Crippen molar-refractivity contribution in [2.45, 2.75) is 13.3 Å². The third kappa shape index (κ3) is 5.76. The number of thioether (sulfide) groups is 1. The second kappa shape index (κ2) is 8.35. The Hall–Kier alpha value is -0.320. The van der Waals surface area contributed by atoms with E-state index >= 15 is 0 Å². The Morgan fingerprint density at radius 3 is 2.86 bits per heavy atom. The third-order valence-electron chi connectivity index (χ3n) is 2.20. The molecule has 0 amide bonds. The van der Waals surface area contributed by atoms with E-state index in [4.69, 9.17) is 16.4 Å². The van der Waals surface area contributed by atoms with Crippen LogP contribution in [0.1, 0.15) is 13.3 Å². The fourth-order valence-electron chi connectivity index (χ4n) is 1.42. The average molecular weight is 355 g/mol. The monoisotopic (exact) mass is 355 g/mol. The summed E-state index contributed by atoms with van der Waals surface area (Å²) >= 11 is 6.16. The number of imidazole rings is 1. The fraction of sp³-hybridized carbons (Fsp3) is 0.273. The molecule has 0 saturated heterocycles. The fourth-order valence-corrected chi connectivity index (χ4v) is 3.44. The Labute approximate surface area is 155 Å². The summed E-state index contributed by atoms with van der Waals surface area (Å²) < 4.78 is 30.7. The predicted molar refractivity (Wildman–Crippen MR) is 91.3 cm³/mol. The molecule has 0 saturated carbocycles. The van der Waals surface area contributed by atoms with Gasteiger partial charge in [0.2, 0.25) is 0 Å². The molecule has 2 aromatic rings. The standard InChI is InChI=1S/C11H13N3O3S3.Na.H/c1-2-7-19-11(18)14-20(15,16)17-10-12-8-5-3-4-6-9(8)13-10;;/h3-6H,2,7H2,1H3,(H,12,13)(H,14,18);;. The van der Waals surface area contributed by atoms with Gasteiger partial charge < -0.3 is 9.17 Å². The zero-order valence-corrected chi connectivity index (χ0v) is 13.1. The van der Waals surface area contributed by atoms with Gasteiger partial charge in [-0.1, -0.05) is 43.0 Å². The Bertz CT molecular complexity index is 685. The summed E-state index contributed by atoms with van der Waals surface area (Å²) in [5.41, 5.74) is 1.32. The van der Waals surface area contributed by atoms with Crippen molar-refractivity contribution in [2.75, 3.05) is 5.75 Å². The molecule has 0 atom stereocenters. The molecule has 0 radical (unpaired) electrons. The summed E-state index contributed by atoms with van der Waals surface area (Å²) in [6, 6.07) is 7.04. The van der Waals surface area contributed by atoms with E-state index in [1.54, 1.807) is 18.2 Å². The summed E-state index contributed by atoms with van der Waals surface area (Å²) in [5, 5.41) is 0. The van der Waals surface area contributed by atoms with Gasteiger partial charge in [-0.2, -0.15) is 13.4 Å². The van der Waals surface area contributed by atoms with Crippen LogP contribution in [0.15, 0.2) is 24.3 Å². The van der Waals surface area contributed by atoms with Gasteiger partial charge in [-0.25, -0.2) is 4.72 Å². The van der Waals surface area contributed by atoms with Gasteiger partial charge in [0.1, 0.15) is 4.32 Å². The summed E-state index contributed by atoms with van der Waals surface area (Å²) in [7, 11) is -4.02. The molecule has 2 rings (SSSR count). The summed E-state index contributed by atoms with van der Waals surface area (Å²) in [4.78, 5) is 6.79. The topological polar surface area (TPSA) is 84.1 Å². The van der Waals surface area contributed by atoms with Gasteiger partial charge in [0.05, 0.1) is 11.0 Å². The van der Waals surface area contributed by atoms with Crippen LogP contribution < -0.4 is 8.91 Å². The second-order valence-corrected chi connectivity index (χ2v) is 6.89. The van der Waals surface area contributed by atoms with Crippen molar-refractivity contribution in [1.82, 2.24) is 14.7 Å². The first-order chi connectivity index (χ1) is 9.50. The summed E-state index contributed by atoms with van der Waals surface area (Å²) in [6.45, 7) is 1.98. The predicted octanol–water partition coefficient (Wildman–Crippen LogP) is 1.56. The first-order valence-electron chi connectivity index (χ1n) is 5.84. The molecular formula is C11H14N3NaO3S3. The normalized spacial score (nSPS) is 10.9. The number of thiocarbonyl (C=S) groups is 1. The van der Waals surface area contributed by atoms with Crippen LogP contribution in [-0.4, -0.2) is 58.0 Å². The molecule has 0 unspecified atom stereocenters. The molecule has 0 bridgehead atoms. The zero-order chi connectivity index (χ0) is 14.6. The number of aromatic amines is 1. The first-order valence-corrected chi connectivity index (χ1v) is 8.64. The molecule has 0 aliphatic rings. The summed E-state index contributed by atoms with van der Waals surface area (Å²) in [6.07, 6.45) is 0.900.